The summed E-state index contributed by atoms with van der Waals surface area (Å²) in [7, 11) is 0. The van der Waals surface area contributed by atoms with Gasteiger partial charge in [0.1, 0.15) is 11.6 Å². The second-order valence-electron chi connectivity index (χ2n) is 9.51. The Kier molecular flexibility index (Phi) is 8.76. The monoisotopic (exact) mass is 481 g/mol. The summed E-state index contributed by atoms with van der Waals surface area (Å²) in [5.74, 6) is -1.77. The van der Waals surface area contributed by atoms with E-state index in [0.717, 1.165) is 35.2 Å². The van der Waals surface area contributed by atoms with Crippen molar-refractivity contribution in [3.8, 4) is 11.1 Å². The summed E-state index contributed by atoms with van der Waals surface area (Å²) in [5, 5.41) is 12.7. The molecule has 0 aliphatic heterocycles. The van der Waals surface area contributed by atoms with E-state index in [2.05, 4.69) is 5.32 Å². The van der Waals surface area contributed by atoms with Crippen molar-refractivity contribution >= 4 is 5.97 Å². The average molecular weight is 482 g/mol. The highest BCUT2D eigenvalue weighted by atomic mass is 19.1. The second kappa shape index (κ2) is 11.6. The highest BCUT2D eigenvalue weighted by Gasteiger charge is 2.20. The molecule has 0 aliphatic carbocycles. The predicted octanol–water partition coefficient (Wildman–Crippen LogP) is 6.72. The summed E-state index contributed by atoms with van der Waals surface area (Å²) in [6.45, 7) is 8.94. The summed E-state index contributed by atoms with van der Waals surface area (Å²) in [6.07, 6.45) is 0.982. The molecule has 2 N–H and O–H groups in total. The van der Waals surface area contributed by atoms with Crippen LogP contribution in [-0.2, 0) is 11.2 Å². The largest absolute Gasteiger partial charge is 0.478 e. The maximum Gasteiger partial charge on any atom is 0.335 e. The van der Waals surface area contributed by atoms with Gasteiger partial charge in [0.15, 0.2) is 0 Å². The molecular formula is C29H33F2NO3. The van der Waals surface area contributed by atoms with Crippen LogP contribution in [0, 0.1) is 18.6 Å². The lowest BCUT2D eigenvalue weighted by Gasteiger charge is -2.27. The van der Waals surface area contributed by atoms with Crippen molar-refractivity contribution < 1.29 is 23.4 Å². The quantitative estimate of drug-likeness (QED) is 0.299. The molecule has 0 spiro atoms. The molecule has 4 nitrogen and oxygen atoms in total. The molecule has 3 aromatic rings. The van der Waals surface area contributed by atoms with Crippen LogP contribution in [0.15, 0.2) is 60.7 Å². The lowest BCUT2D eigenvalue weighted by Crippen LogP contribution is -2.42. The number of rotatable bonds is 11. The number of hydrogen-bond donors (Lipinski definition) is 2. The van der Waals surface area contributed by atoms with Gasteiger partial charge in [-0.25, -0.2) is 13.6 Å². The van der Waals surface area contributed by atoms with Gasteiger partial charge >= 0.3 is 5.97 Å². The molecule has 0 unspecified atom stereocenters. The molecule has 186 valence electrons. The molecule has 0 heterocycles. The van der Waals surface area contributed by atoms with E-state index in [4.69, 9.17) is 4.74 Å². The number of ether oxygens (including phenoxy) is 1. The zero-order chi connectivity index (χ0) is 25.6. The first kappa shape index (κ1) is 26.5. The Morgan fingerprint density at radius 1 is 1.09 bits per heavy atom. The molecule has 0 saturated heterocycles. The van der Waals surface area contributed by atoms with E-state index in [1.807, 2.05) is 57.2 Å². The number of nitrogens with one attached hydrogen (secondary N) is 1. The van der Waals surface area contributed by atoms with Crippen LogP contribution in [0.4, 0.5) is 8.78 Å². The molecule has 3 rings (SSSR count). The van der Waals surface area contributed by atoms with Gasteiger partial charge in [-0.1, -0.05) is 36.4 Å². The first-order valence-corrected chi connectivity index (χ1v) is 11.8. The van der Waals surface area contributed by atoms with Crippen LogP contribution in [0.1, 0.15) is 60.3 Å². The zero-order valence-corrected chi connectivity index (χ0v) is 20.7. The van der Waals surface area contributed by atoms with Crippen LogP contribution in [0.5, 0.6) is 0 Å². The number of carbonyl (C=O) groups is 1. The minimum atomic E-state index is -0.933. The van der Waals surface area contributed by atoms with Gasteiger partial charge in [0.05, 0.1) is 11.7 Å². The maximum absolute atomic E-state index is 14.0. The number of hydrogen-bond acceptors (Lipinski definition) is 3. The third-order valence-corrected chi connectivity index (χ3v) is 6.10. The topological polar surface area (TPSA) is 58.6 Å². The first-order valence-electron chi connectivity index (χ1n) is 11.8. The number of halogens is 2. The first-order chi connectivity index (χ1) is 16.6. The third kappa shape index (κ3) is 7.20. The number of benzene rings is 3. The summed E-state index contributed by atoms with van der Waals surface area (Å²) >= 11 is 0. The summed E-state index contributed by atoms with van der Waals surface area (Å²) in [5.41, 5.74) is 3.96. The van der Waals surface area contributed by atoms with E-state index in [0.29, 0.717) is 36.3 Å². The SMILES string of the molecule is Cc1cc(-c2ccccc2[C@@H](C)OCCCNC(C)(C)Cc2cc(F)ccc2F)ccc1C(=O)O. The maximum atomic E-state index is 14.0. The van der Waals surface area contributed by atoms with Gasteiger partial charge in [0.25, 0.3) is 0 Å². The number of carboxylic acid groups (broad SMARTS) is 1. The van der Waals surface area contributed by atoms with Crippen molar-refractivity contribution in [1.29, 1.82) is 0 Å². The molecule has 0 fully saturated rings. The van der Waals surface area contributed by atoms with Crippen LogP contribution in [0.3, 0.4) is 0 Å². The molecule has 6 heteroatoms. The highest BCUT2D eigenvalue weighted by Crippen LogP contribution is 2.31. The minimum absolute atomic E-state index is 0.153. The standard InChI is InChI=1S/C29H33F2NO3/c1-19-16-21(10-12-24(19)28(33)34)26-9-6-5-8-25(26)20(2)35-15-7-14-32-29(3,4)18-22-17-23(30)11-13-27(22)31/h5-6,8-13,16-17,20,32H,7,14-15,18H2,1-4H3,(H,33,34)/t20-/m1/s1. The van der Waals surface area contributed by atoms with Crippen LogP contribution in [0.25, 0.3) is 11.1 Å². The summed E-state index contributed by atoms with van der Waals surface area (Å²) < 4.78 is 33.6. The van der Waals surface area contributed by atoms with Crippen LogP contribution in [-0.4, -0.2) is 29.8 Å². The molecule has 0 saturated carbocycles. The van der Waals surface area contributed by atoms with Gasteiger partial charge in [-0.2, -0.15) is 0 Å². The van der Waals surface area contributed by atoms with E-state index in [1.54, 1.807) is 13.0 Å². The molecule has 1 atom stereocenters. The van der Waals surface area contributed by atoms with Gasteiger partial charge in [0.2, 0.25) is 0 Å². The Hall–Kier alpha value is -3.09. The number of carboxylic acids is 1. The molecule has 3 aromatic carbocycles. The summed E-state index contributed by atoms with van der Waals surface area (Å²) in [6, 6.07) is 16.9. The van der Waals surface area contributed by atoms with Crippen molar-refractivity contribution in [2.24, 2.45) is 0 Å². The third-order valence-electron chi connectivity index (χ3n) is 6.10. The van der Waals surface area contributed by atoms with E-state index in [-0.39, 0.29) is 6.10 Å². The van der Waals surface area contributed by atoms with Gasteiger partial charge in [-0.05, 0) is 99.2 Å². The smallest absolute Gasteiger partial charge is 0.335 e. The molecule has 35 heavy (non-hydrogen) atoms. The molecule has 0 aromatic heterocycles. The Balaban J connectivity index is 1.55. The van der Waals surface area contributed by atoms with Crippen LogP contribution in [0.2, 0.25) is 0 Å². The minimum Gasteiger partial charge on any atom is -0.478 e. The summed E-state index contributed by atoms with van der Waals surface area (Å²) in [4.78, 5) is 11.3. The number of aromatic carboxylic acids is 1. The second-order valence-corrected chi connectivity index (χ2v) is 9.51. The van der Waals surface area contributed by atoms with Gasteiger partial charge in [0, 0.05) is 12.1 Å². The van der Waals surface area contributed by atoms with E-state index >= 15 is 0 Å². The lowest BCUT2D eigenvalue weighted by atomic mass is 9.94. The molecule has 0 radical (unpaired) electrons. The molecular weight excluding hydrogens is 448 g/mol. The van der Waals surface area contributed by atoms with Crippen molar-refractivity contribution in [3.05, 3.63) is 94.6 Å². The Morgan fingerprint density at radius 3 is 2.54 bits per heavy atom. The molecule has 0 bridgehead atoms. The Bertz CT molecular complexity index is 1180. The van der Waals surface area contributed by atoms with Gasteiger partial charge in [-0.15, -0.1) is 0 Å². The fourth-order valence-corrected chi connectivity index (χ4v) is 4.25. The van der Waals surface area contributed by atoms with Crippen molar-refractivity contribution in [1.82, 2.24) is 5.32 Å². The van der Waals surface area contributed by atoms with Gasteiger partial charge in [-0.3, -0.25) is 0 Å². The Morgan fingerprint density at radius 2 is 1.83 bits per heavy atom. The fraction of sp³-hybridized carbons (Fsp3) is 0.345. The van der Waals surface area contributed by atoms with Crippen LogP contribution >= 0.6 is 0 Å². The fourth-order valence-electron chi connectivity index (χ4n) is 4.25. The van der Waals surface area contributed by atoms with Crippen molar-refractivity contribution in [3.63, 3.8) is 0 Å². The molecule has 0 aliphatic rings. The Labute approximate surface area is 206 Å². The van der Waals surface area contributed by atoms with Crippen LogP contribution < -0.4 is 5.32 Å². The van der Waals surface area contributed by atoms with Gasteiger partial charge < -0.3 is 15.2 Å². The van der Waals surface area contributed by atoms with E-state index in [9.17, 15) is 18.7 Å². The van der Waals surface area contributed by atoms with Crippen molar-refractivity contribution in [2.75, 3.05) is 13.2 Å². The zero-order valence-electron chi connectivity index (χ0n) is 20.7. The van der Waals surface area contributed by atoms with E-state index in [1.165, 1.54) is 6.07 Å². The van der Waals surface area contributed by atoms with E-state index < -0.39 is 23.1 Å². The molecule has 0 amide bonds. The normalized spacial score (nSPS) is 12.5. The predicted molar refractivity (Wildman–Crippen MR) is 135 cm³/mol. The highest BCUT2D eigenvalue weighted by molar-refractivity contribution is 5.90. The average Bonchev–Trinajstić information content (AvgIpc) is 2.80. The number of aryl methyl sites for hydroxylation is 1. The lowest BCUT2D eigenvalue weighted by molar-refractivity contribution is 0.0635. The van der Waals surface area contributed by atoms with Crippen molar-refractivity contribution in [2.45, 2.75) is 52.2 Å².